The molecule has 0 atom stereocenters. The molecule has 0 aliphatic carbocycles. The van der Waals surface area contributed by atoms with Crippen molar-refractivity contribution in [2.45, 2.75) is 27.4 Å². The SMILES string of the molecule is C=CC(OCc1cccc(I)c1)=C(C)C(C)C. The van der Waals surface area contributed by atoms with E-state index in [1.165, 1.54) is 14.7 Å². The highest BCUT2D eigenvalue weighted by Gasteiger charge is 2.05. The number of halogens is 1. The van der Waals surface area contributed by atoms with Crippen molar-refractivity contribution in [3.63, 3.8) is 0 Å². The van der Waals surface area contributed by atoms with Gasteiger partial charge in [0.15, 0.2) is 0 Å². The zero-order chi connectivity index (χ0) is 12.8. The summed E-state index contributed by atoms with van der Waals surface area (Å²) in [6, 6.07) is 8.33. The summed E-state index contributed by atoms with van der Waals surface area (Å²) < 4.78 is 7.04. The Morgan fingerprint density at radius 2 is 2.18 bits per heavy atom. The maximum atomic E-state index is 5.81. The Balaban J connectivity index is 2.72. The predicted octanol–water partition coefficient (Wildman–Crippen LogP) is 4.92. The van der Waals surface area contributed by atoms with Crippen molar-refractivity contribution in [1.29, 1.82) is 0 Å². The summed E-state index contributed by atoms with van der Waals surface area (Å²) in [7, 11) is 0. The van der Waals surface area contributed by atoms with Gasteiger partial charge in [0.2, 0.25) is 0 Å². The number of hydrogen-bond donors (Lipinski definition) is 0. The molecule has 92 valence electrons. The molecule has 17 heavy (non-hydrogen) atoms. The highest BCUT2D eigenvalue weighted by Crippen LogP contribution is 2.18. The average molecular weight is 342 g/mol. The van der Waals surface area contributed by atoms with Crippen LogP contribution < -0.4 is 0 Å². The van der Waals surface area contributed by atoms with Crippen LogP contribution >= 0.6 is 22.6 Å². The van der Waals surface area contributed by atoms with E-state index in [2.05, 4.69) is 68.1 Å². The first kappa shape index (κ1) is 14.3. The van der Waals surface area contributed by atoms with Gasteiger partial charge in [-0.25, -0.2) is 0 Å². The van der Waals surface area contributed by atoms with Gasteiger partial charge in [-0.2, -0.15) is 0 Å². The van der Waals surface area contributed by atoms with Gasteiger partial charge in [0, 0.05) is 3.57 Å². The maximum Gasteiger partial charge on any atom is 0.118 e. The minimum absolute atomic E-state index is 0.485. The molecule has 0 saturated carbocycles. The van der Waals surface area contributed by atoms with Gasteiger partial charge in [-0.3, -0.25) is 0 Å². The molecule has 0 radical (unpaired) electrons. The van der Waals surface area contributed by atoms with E-state index in [4.69, 9.17) is 4.74 Å². The fraction of sp³-hybridized carbons (Fsp3) is 0.333. The number of rotatable bonds is 5. The van der Waals surface area contributed by atoms with E-state index in [-0.39, 0.29) is 0 Å². The van der Waals surface area contributed by atoms with Crippen LogP contribution in [0.25, 0.3) is 0 Å². The van der Waals surface area contributed by atoms with Crippen molar-refractivity contribution in [1.82, 2.24) is 0 Å². The van der Waals surface area contributed by atoms with Crippen molar-refractivity contribution in [3.05, 3.63) is 57.4 Å². The maximum absolute atomic E-state index is 5.81. The highest BCUT2D eigenvalue weighted by atomic mass is 127. The zero-order valence-corrected chi connectivity index (χ0v) is 12.8. The number of allylic oxidation sites excluding steroid dienone is 2. The van der Waals surface area contributed by atoms with Crippen molar-refractivity contribution < 1.29 is 4.74 Å². The third-order valence-corrected chi connectivity index (χ3v) is 3.39. The Hall–Kier alpha value is -0.770. The summed E-state index contributed by atoms with van der Waals surface area (Å²) in [5, 5.41) is 0. The van der Waals surface area contributed by atoms with Gasteiger partial charge in [0.25, 0.3) is 0 Å². The first-order chi connectivity index (χ1) is 8.04. The van der Waals surface area contributed by atoms with E-state index in [9.17, 15) is 0 Å². The van der Waals surface area contributed by atoms with E-state index in [0.29, 0.717) is 12.5 Å². The standard InChI is InChI=1S/C15H19IO/c1-5-15(12(4)11(2)3)17-10-13-7-6-8-14(16)9-13/h5-9,11H,1,10H2,2-4H3. The van der Waals surface area contributed by atoms with Crippen LogP contribution in [-0.4, -0.2) is 0 Å². The first-order valence-corrected chi connectivity index (χ1v) is 6.83. The Morgan fingerprint density at radius 1 is 1.47 bits per heavy atom. The Bertz CT molecular complexity index is 419. The summed E-state index contributed by atoms with van der Waals surface area (Å²) in [4.78, 5) is 0. The molecule has 0 bridgehead atoms. The number of benzene rings is 1. The molecule has 0 spiro atoms. The van der Waals surface area contributed by atoms with E-state index in [0.717, 1.165) is 5.76 Å². The average Bonchev–Trinajstić information content (AvgIpc) is 2.29. The molecule has 0 saturated heterocycles. The van der Waals surface area contributed by atoms with Crippen LogP contribution in [0.5, 0.6) is 0 Å². The summed E-state index contributed by atoms with van der Waals surface area (Å²) >= 11 is 2.31. The third kappa shape index (κ3) is 4.54. The summed E-state index contributed by atoms with van der Waals surface area (Å²) in [5.41, 5.74) is 2.43. The molecule has 1 nitrogen and oxygen atoms in total. The number of hydrogen-bond acceptors (Lipinski definition) is 1. The highest BCUT2D eigenvalue weighted by molar-refractivity contribution is 14.1. The van der Waals surface area contributed by atoms with Gasteiger partial charge in [-0.15, -0.1) is 0 Å². The lowest BCUT2D eigenvalue weighted by atomic mass is 10.0. The fourth-order valence-electron chi connectivity index (χ4n) is 1.41. The molecule has 0 N–H and O–H groups in total. The van der Waals surface area contributed by atoms with Crippen LogP contribution in [0.2, 0.25) is 0 Å². The molecule has 1 aromatic rings. The molecule has 0 aliphatic heterocycles. The Labute approximate surface area is 118 Å². The molecule has 1 rings (SSSR count). The van der Waals surface area contributed by atoms with Gasteiger partial charge >= 0.3 is 0 Å². The van der Waals surface area contributed by atoms with E-state index < -0.39 is 0 Å². The normalized spacial score (nSPS) is 12.3. The smallest absolute Gasteiger partial charge is 0.118 e. The second-order valence-corrected chi connectivity index (χ2v) is 5.57. The fourth-order valence-corrected chi connectivity index (χ4v) is 2.01. The molecule has 0 aromatic heterocycles. The summed E-state index contributed by atoms with van der Waals surface area (Å²) in [6.07, 6.45) is 1.79. The molecule has 1 aromatic carbocycles. The minimum Gasteiger partial charge on any atom is -0.489 e. The molecule has 0 heterocycles. The molecule has 0 aliphatic rings. The first-order valence-electron chi connectivity index (χ1n) is 5.75. The summed E-state index contributed by atoms with van der Waals surface area (Å²) in [6.45, 7) is 10.8. The second kappa shape index (κ2) is 6.84. The molecule has 0 fully saturated rings. The van der Waals surface area contributed by atoms with Crippen LogP contribution in [0, 0.1) is 9.49 Å². The van der Waals surface area contributed by atoms with Crippen molar-refractivity contribution >= 4 is 22.6 Å². The quantitative estimate of drug-likeness (QED) is 0.419. The lowest BCUT2D eigenvalue weighted by molar-refractivity contribution is 0.205. The second-order valence-electron chi connectivity index (χ2n) is 4.32. The Kier molecular flexibility index (Phi) is 5.75. The van der Waals surface area contributed by atoms with Gasteiger partial charge in [-0.1, -0.05) is 32.6 Å². The third-order valence-electron chi connectivity index (χ3n) is 2.72. The van der Waals surface area contributed by atoms with Crippen molar-refractivity contribution in [2.24, 2.45) is 5.92 Å². The van der Waals surface area contributed by atoms with Crippen molar-refractivity contribution in [2.75, 3.05) is 0 Å². The summed E-state index contributed by atoms with van der Waals surface area (Å²) in [5.74, 6) is 1.39. The monoisotopic (exact) mass is 342 g/mol. The minimum atomic E-state index is 0.485. The Morgan fingerprint density at radius 3 is 2.71 bits per heavy atom. The number of ether oxygens (including phenoxy) is 1. The van der Waals surface area contributed by atoms with Crippen LogP contribution in [0.3, 0.4) is 0 Å². The van der Waals surface area contributed by atoms with Gasteiger partial charge in [0.1, 0.15) is 12.4 Å². The lowest BCUT2D eigenvalue weighted by Crippen LogP contribution is -1.99. The van der Waals surface area contributed by atoms with Crippen LogP contribution in [0.4, 0.5) is 0 Å². The van der Waals surface area contributed by atoms with Crippen LogP contribution in [0.1, 0.15) is 26.3 Å². The topological polar surface area (TPSA) is 9.23 Å². The molecule has 0 amide bonds. The largest absolute Gasteiger partial charge is 0.489 e. The molecule has 0 unspecified atom stereocenters. The van der Waals surface area contributed by atoms with E-state index in [1.54, 1.807) is 6.08 Å². The van der Waals surface area contributed by atoms with Crippen molar-refractivity contribution in [3.8, 4) is 0 Å². The van der Waals surface area contributed by atoms with Gasteiger partial charge in [-0.05, 0) is 64.8 Å². The van der Waals surface area contributed by atoms with E-state index in [1.807, 2.05) is 6.07 Å². The van der Waals surface area contributed by atoms with Gasteiger partial charge in [0.05, 0.1) is 0 Å². The zero-order valence-electron chi connectivity index (χ0n) is 10.7. The van der Waals surface area contributed by atoms with E-state index >= 15 is 0 Å². The van der Waals surface area contributed by atoms with Crippen LogP contribution in [0.15, 0.2) is 48.3 Å². The molecule has 2 heteroatoms. The molecular formula is C15H19IO. The lowest BCUT2D eigenvalue weighted by Gasteiger charge is -2.13. The predicted molar refractivity (Wildman–Crippen MR) is 81.7 cm³/mol. The molecular weight excluding hydrogens is 323 g/mol. The van der Waals surface area contributed by atoms with Gasteiger partial charge < -0.3 is 4.74 Å². The van der Waals surface area contributed by atoms with Crippen LogP contribution in [-0.2, 0) is 11.3 Å².